The molecule has 2 aromatic carbocycles. The minimum absolute atomic E-state index is 0.0195. The van der Waals surface area contributed by atoms with Gasteiger partial charge in [0.05, 0.1) is 23.4 Å². The monoisotopic (exact) mass is 449 g/mol. The minimum Gasteiger partial charge on any atom is -0.497 e. The van der Waals surface area contributed by atoms with Crippen molar-refractivity contribution in [3.63, 3.8) is 0 Å². The summed E-state index contributed by atoms with van der Waals surface area (Å²) < 4.78 is 45.1. The van der Waals surface area contributed by atoms with E-state index in [0.29, 0.717) is 36.3 Å². The molecule has 1 amide bonds. The molecular weight excluding hydrogens is 431 g/mol. The van der Waals surface area contributed by atoms with Gasteiger partial charge in [0.2, 0.25) is 5.91 Å². The molecule has 1 heterocycles. The number of ketones is 1. The minimum atomic E-state index is -4.58. The molecule has 0 bridgehead atoms. The number of amides is 1. The van der Waals surface area contributed by atoms with Crippen LogP contribution in [0.1, 0.15) is 42.7 Å². The molecule has 1 unspecified atom stereocenters. The third kappa shape index (κ3) is 3.94. The number of carbonyl (C=O) groups excluding carboxylic acids is 2. The molecule has 162 valence electrons. The number of alkyl halides is 3. The first-order valence-electron chi connectivity index (χ1n) is 9.80. The number of hydrogen-bond donors (Lipinski definition) is 0. The van der Waals surface area contributed by atoms with Gasteiger partial charge in [-0.05, 0) is 48.7 Å². The maximum Gasteiger partial charge on any atom is 0.416 e. The molecule has 4 rings (SSSR count). The molecule has 4 nitrogen and oxygen atoms in total. The molecule has 0 saturated heterocycles. The average molecular weight is 450 g/mol. The molecule has 0 aromatic heterocycles. The van der Waals surface area contributed by atoms with Gasteiger partial charge >= 0.3 is 6.18 Å². The Morgan fingerprint density at radius 3 is 2.58 bits per heavy atom. The van der Waals surface area contributed by atoms with E-state index in [9.17, 15) is 22.8 Å². The standard InChI is InChI=1S/C23H19ClF3NO3/c1-31-15-5-2-4-13(10-15)16-12-21(30)28(18-6-3-7-20(29)22(16)18)19-11-14(23(25,26)27)8-9-17(19)24/h2,4-5,8-11,16H,3,6-7,12H2,1H3. The second kappa shape index (κ2) is 8.04. The van der Waals surface area contributed by atoms with Crippen molar-refractivity contribution in [2.45, 2.75) is 37.8 Å². The number of benzene rings is 2. The van der Waals surface area contributed by atoms with Crippen molar-refractivity contribution in [2.24, 2.45) is 0 Å². The van der Waals surface area contributed by atoms with Crippen molar-refractivity contribution < 1.29 is 27.5 Å². The molecule has 0 fully saturated rings. The highest BCUT2D eigenvalue weighted by atomic mass is 35.5. The van der Waals surface area contributed by atoms with Crippen LogP contribution in [0.5, 0.6) is 5.75 Å². The summed E-state index contributed by atoms with van der Waals surface area (Å²) in [5.41, 5.74) is 0.700. The maximum absolute atomic E-state index is 13.3. The molecule has 0 radical (unpaired) electrons. The normalized spacial score (nSPS) is 19.5. The van der Waals surface area contributed by atoms with Gasteiger partial charge in [-0.1, -0.05) is 23.7 Å². The van der Waals surface area contributed by atoms with Gasteiger partial charge in [0.15, 0.2) is 5.78 Å². The topological polar surface area (TPSA) is 46.6 Å². The molecule has 1 atom stereocenters. The smallest absolute Gasteiger partial charge is 0.416 e. The van der Waals surface area contributed by atoms with E-state index >= 15 is 0 Å². The second-order valence-corrected chi connectivity index (χ2v) is 7.97. The summed E-state index contributed by atoms with van der Waals surface area (Å²) >= 11 is 6.22. The summed E-state index contributed by atoms with van der Waals surface area (Å²) in [5.74, 6) is -0.387. The lowest BCUT2D eigenvalue weighted by Crippen LogP contribution is -2.40. The number of rotatable bonds is 3. The molecule has 2 aromatic rings. The number of Topliss-reactive ketones (excluding diaryl/α,β-unsaturated/α-hetero) is 1. The van der Waals surface area contributed by atoms with Crippen molar-refractivity contribution in [3.8, 4) is 5.75 Å². The van der Waals surface area contributed by atoms with Crippen molar-refractivity contribution in [1.29, 1.82) is 0 Å². The van der Waals surface area contributed by atoms with E-state index in [-0.39, 0.29) is 22.9 Å². The third-order valence-electron chi connectivity index (χ3n) is 5.69. The molecule has 1 aliphatic heterocycles. The number of anilines is 1. The lowest BCUT2D eigenvalue weighted by atomic mass is 9.77. The Hall–Kier alpha value is -2.80. The quantitative estimate of drug-likeness (QED) is 0.586. The number of methoxy groups -OCH3 is 1. The van der Waals surface area contributed by atoms with Gasteiger partial charge in [-0.3, -0.25) is 14.5 Å². The van der Waals surface area contributed by atoms with E-state index in [1.54, 1.807) is 18.2 Å². The molecule has 1 aliphatic carbocycles. The van der Waals surface area contributed by atoms with Crippen LogP contribution >= 0.6 is 11.6 Å². The van der Waals surface area contributed by atoms with Crippen LogP contribution in [0.2, 0.25) is 5.02 Å². The average Bonchev–Trinajstić information content (AvgIpc) is 2.73. The Balaban J connectivity index is 1.88. The SMILES string of the molecule is COc1cccc(C2CC(=O)N(c3cc(C(F)(F)F)ccc3Cl)C3=C2C(=O)CCC3)c1. The van der Waals surface area contributed by atoms with Gasteiger partial charge in [-0.25, -0.2) is 0 Å². The summed E-state index contributed by atoms with van der Waals surface area (Å²) in [7, 11) is 1.53. The molecular formula is C23H19ClF3NO3. The number of hydrogen-bond acceptors (Lipinski definition) is 3. The summed E-state index contributed by atoms with van der Waals surface area (Å²) in [6, 6.07) is 10.0. The first kappa shape index (κ1) is 21.4. The van der Waals surface area contributed by atoms with E-state index in [1.807, 2.05) is 6.07 Å². The van der Waals surface area contributed by atoms with Gasteiger partial charge in [-0.15, -0.1) is 0 Å². The molecule has 0 saturated carbocycles. The molecule has 0 N–H and O–H groups in total. The molecule has 31 heavy (non-hydrogen) atoms. The predicted octanol–water partition coefficient (Wildman–Crippen LogP) is 5.90. The summed E-state index contributed by atoms with van der Waals surface area (Å²) in [5, 5.41) is 0.0195. The predicted molar refractivity (Wildman–Crippen MR) is 110 cm³/mol. The van der Waals surface area contributed by atoms with Gasteiger partial charge in [0.1, 0.15) is 5.75 Å². The van der Waals surface area contributed by atoms with Crippen LogP contribution in [-0.2, 0) is 15.8 Å². The van der Waals surface area contributed by atoms with E-state index in [0.717, 1.165) is 23.8 Å². The van der Waals surface area contributed by atoms with Crippen LogP contribution in [0.4, 0.5) is 18.9 Å². The first-order valence-corrected chi connectivity index (χ1v) is 10.2. The van der Waals surface area contributed by atoms with E-state index in [1.165, 1.54) is 12.0 Å². The van der Waals surface area contributed by atoms with Crippen LogP contribution in [0.15, 0.2) is 53.7 Å². The zero-order valence-electron chi connectivity index (χ0n) is 16.6. The summed E-state index contributed by atoms with van der Waals surface area (Å²) in [6.07, 6.45) is -3.38. The van der Waals surface area contributed by atoms with Crippen LogP contribution in [-0.4, -0.2) is 18.8 Å². The van der Waals surface area contributed by atoms with Crippen LogP contribution in [0.3, 0.4) is 0 Å². The first-order chi connectivity index (χ1) is 14.7. The fourth-order valence-electron chi connectivity index (χ4n) is 4.28. The lowest BCUT2D eigenvalue weighted by molar-refractivity contribution is -0.137. The van der Waals surface area contributed by atoms with Crippen LogP contribution < -0.4 is 9.64 Å². The van der Waals surface area contributed by atoms with Crippen molar-refractivity contribution >= 4 is 29.0 Å². The molecule has 0 spiro atoms. The number of halogens is 4. The van der Waals surface area contributed by atoms with Crippen LogP contribution in [0, 0.1) is 0 Å². The Bertz CT molecular complexity index is 1090. The van der Waals surface area contributed by atoms with Crippen molar-refractivity contribution in [3.05, 3.63) is 69.9 Å². The molecule has 8 heteroatoms. The number of allylic oxidation sites excluding steroid dienone is 2. The molecule has 2 aliphatic rings. The fourth-order valence-corrected chi connectivity index (χ4v) is 4.48. The largest absolute Gasteiger partial charge is 0.497 e. The van der Waals surface area contributed by atoms with E-state index in [2.05, 4.69) is 0 Å². The summed E-state index contributed by atoms with van der Waals surface area (Å²) in [4.78, 5) is 27.3. The van der Waals surface area contributed by atoms with Gasteiger partial charge in [-0.2, -0.15) is 13.2 Å². The number of carbonyl (C=O) groups is 2. The van der Waals surface area contributed by atoms with Gasteiger partial charge in [0, 0.05) is 30.0 Å². The van der Waals surface area contributed by atoms with E-state index < -0.39 is 23.6 Å². The highest BCUT2D eigenvalue weighted by Crippen LogP contribution is 2.46. The third-order valence-corrected chi connectivity index (χ3v) is 6.01. The van der Waals surface area contributed by atoms with Gasteiger partial charge in [0.25, 0.3) is 0 Å². The zero-order chi connectivity index (χ0) is 22.3. The van der Waals surface area contributed by atoms with Crippen molar-refractivity contribution in [2.75, 3.05) is 12.0 Å². The highest BCUT2D eigenvalue weighted by molar-refractivity contribution is 6.34. The van der Waals surface area contributed by atoms with Gasteiger partial charge < -0.3 is 4.74 Å². The van der Waals surface area contributed by atoms with Crippen molar-refractivity contribution in [1.82, 2.24) is 0 Å². The Morgan fingerprint density at radius 2 is 1.87 bits per heavy atom. The number of nitrogens with zero attached hydrogens (tertiary/aromatic N) is 1. The second-order valence-electron chi connectivity index (χ2n) is 7.56. The Kier molecular flexibility index (Phi) is 5.56. The fraction of sp³-hybridized carbons (Fsp3) is 0.304. The highest BCUT2D eigenvalue weighted by Gasteiger charge is 2.41. The summed E-state index contributed by atoms with van der Waals surface area (Å²) in [6.45, 7) is 0. The van der Waals surface area contributed by atoms with E-state index in [4.69, 9.17) is 16.3 Å². The Labute approximate surface area is 182 Å². The maximum atomic E-state index is 13.3. The zero-order valence-corrected chi connectivity index (χ0v) is 17.4. The Morgan fingerprint density at radius 1 is 1.10 bits per heavy atom. The van der Waals surface area contributed by atoms with Crippen LogP contribution in [0.25, 0.3) is 0 Å². The lowest BCUT2D eigenvalue weighted by Gasteiger charge is -2.38. The number of ether oxygens (including phenoxy) is 1.